The maximum atomic E-state index is 12.0. The highest BCUT2D eigenvalue weighted by Crippen LogP contribution is 2.31. The first-order valence-corrected chi connectivity index (χ1v) is 7.82. The summed E-state index contributed by atoms with van der Waals surface area (Å²) in [4.78, 5) is 25.4. The Kier molecular flexibility index (Phi) is 6.06. The minimum absolute atomic E-state index is 0.145. The summed E-state index contributed by atoms with van der Waals surface area (Å²) in [7, 11) is 3.33. The van der Waals surface area contributed by atoms with Gasteiger partial charge in [0.2, 0.25) is 0 Å². The van der Waals surface area contributed by atoms with Crippen LogP contribution >= 0.6 is 23.2 Å². The molecule has 0 aromatic heterocycles. The van der Waals surface area contributed by atoms with Crippen LogP contribution < -0.4 is 10.1 Å². The molecular formula is C17H16Cl2N2O3. The lowest BCUT2D eigenvalue weighted by molar-refractivity contribution is -0.118. The summed E-state index contributed by atoms with van der Waals surface area (Å²) in [5.74, 6) is -0.190. The minimum Gasteiger partial charge on any atom is -0.482 e. The average Bonchev–Trinajstić information content (AvgIpc) is 2.55. The maximum absolute atomic E-state index is 12.0. The van der Waals surface area contributed by atoms with Gasteiger partial charge in [-0.25, -0.2) is 0 Å². The van der Waals surface area contributed by atoms with Crippen molar-refractivity contribution in [3.8, 4) is 5.75 Å². The first-order valence-electron chi connectivity index (χ1n) is 7.07. The predicted molar refractivity (Wildman–Crippen MR) is 95.0 cm³/mol. The monoisotopic (exact) mass is 366 g/mol. The number of hydrogen-bond donors (Lipinski definition) is 1. The van der Waals surface area contributed by atoms with E-state index in [9.17, 15) is 9.59 Å². The van der Waals surface area contributed by atoms with Crippen molar-refractivity contribution in [1.82, 2.24) is 4.90 Å². The molecule has 0 aliphatic rings. The van der Waals surface area contributed by atoms with Gasteiger partial charge in [-0.15, -0.1) is 0 Å². The zero-order valence-corrected chi connectivity index (χ0v) is 14.7. The van der Waals surface area contributed by atoms with Crippen LogP contribution in [0.1, 0.15) is 10.4 Å². The number of amides is 2. The van der Waals surface area contributed by atoms with Crippen LogP contribution in [0, 0.1) is 0 Å². The molecule has 126 valence electrons. The fourth-order valence-electron chi connectivity index (χ4n) is 1.92. The topological polar surface area (TPSA) is 58.6 Å². The number of ether oxygens (including phenoxy) is 1. The van der Waals surface area contributed by atoms with E-state index in [1.807, 2.05) is 0 Å². The van der Waals surface area contributed by atoms with E-state index in [4.69, 9.17) is 27.9 Å². The second kappa shape index (κ2) is 8.04. The summed E-state index contributed by atoms with van der Waals surface area (Å²) in [6, 6.07) is 11.6. The van der Waals surface area contributed by atoms with Crippen LogP contribution in [0.2, 0.25) is 10.0 Å². The van der Waals surface area contributed by atoms with Gasteiger partial charge in [0.1, 0.15) is 10.8 Å². The molecule has 2 aromatic carbocycles. The number of halogens is 2. The third-order valence-corrected chi connectivity index (χ3v) is 3.88. The largest absolute Gasteiger partial charge is 0.482 e. The lowest BCUT2D eigenvalue weighted by atomic mass is 10.2. The number of anilines is 1. The molecule has 0 radical (unpaired) electrons. The number of hydrogen-bond acceptors (Lipinski definition) is 3. The van der Waals surface area contributed by atoms with Gasteiger partial charge >= 0.3 is 0 Å². The molecule has 0 unspecified atom stereocenters. The number of rotatable bonds is 5. The van der Waals surface area contributed by atoms with Gasteiger partial charge in [0.15, 0.2) is 6.61 Å². The van der Waals surface area contributed by atoms with Gasteiger partial charge in [-0.1, -0.05) is 35.3 Å². The van der Waals surface area contributed by atoms with E-state index in [1.54, 1.807) is 56.6 Å². The summed E-state index contributed by atoms with van der Waals surface area (Å²) in [6.07, 6.45) is 0. The molecule has 2 amide bonds. The van der Waals surface area contributed by atoms with Crippen LogP contribution in [-0.2, 0) is 4.79 Å². The number of nitrogens with one attached hydrogen (secondary N) is 1. The molecule has 0 saturated heterocycles. The van der Waals surface area contributed by atoms with Crippen LogP contribution in [0.15, 0.2) is 42.5 Å². The van der Waals surface area contributed by atoms with Crippen molar-refractivity contribution >= 4 is 40.7 Å². The minimum atomic E-state index is -0.375. The first-order chi connectivity index (χ1) is 11.4. The van der Waals surface area contributed by atoms with Gasteiger partial charge < -0.3 is 15.0 Å². The van der Waals surface area contributed by atoms with Crippen molar-refractivity contribution in [2.75, 3.05) is 26.0 Å². The van der Waals surface area contributed by atoms with Crippen molar-refractivity contribution in [2.45, 2.75) is 0 Å². The number of carbonyl (C=O) groups is 2. The van der Waals surface area contributed by atoms with E-state index in [1.165, 1.54) is 4.90 Å². The zero-order chi connectivity index (χ0) is 17.7. The molecule has 5 nitrogen and oxygen atoms in total. The molecule has 0 aliphatic heterocycles. The van der Waals surface area contributed by atoms with Crippen molar-refractivity contribution in [3.05, 3.63) is 58.1 Å². The molecule has 0 atom stereocenters. The van der Waals surface area contributed by atoms with Crippen LogP contribution in [-0.4, -0.2) is 37.4 Å². The summed E-state index contributed by atoms with van der Waals surface area (Å²) in [5.41, 5.74) is 0.991. The van der Waals surface area contributed by atoms with Crippen LogP contribution in [0.4, 0.5) is 5.69 Å². The van der Waals surface area contributed by atoms with Gasteiger partial charge in [-0.05, 0) is 30.3 Å². The van der Waals surface area contributed by atoms with E-state index in [0.717, 1.165) is 0 Å². The molecule has 0 fully saturated rings. The Bertz CT molecular complexity index is 763. The summed E-state index contributed by atoms with van der Waals surface area (Å²) >= 11 is 11.9. The zero-order valence-electron chi connectivity index (χ0n) is 13.2. The third kappa shape index (κ3) is 4.63. The Morgan fingerprint density at radius 1 is 1.12 bits per heavy atom. The second-order valence-electron chi connectivity index (χ2n) is 5.17. The molecule has 0 aliphatic carbocycles. The van der Waals surface area contributed by atoms with E-state index < -0.39 is 0 Å². The number of carbonyl (C=O) groups excluding carboxylic acids is 2. The molecule has 1 N–H and O–H groups in total. The lowest BCUT2D eigenvalue weighted by Crippen LogP contribution is -2.23. The third-order valence-electron chi connectivity index (χ3n) is 3.07. The van der Waals surface area contributed by atoms with Crippen LogP contribution in [0.5, 0.6) is 5.75 Å². The number of benzene rings is 2. The highest BCUT2D eigenvalue weighted by atomic mass is 35.5. The molecule has 24 heavy (non-hydrogen) atoms. The van der Waals surface area contributed by atoms with Gasteiger partial charge in [-0.2, -0.15) is 0 Å². The maximum Gasteiger partial charge on any atom is 0.262 e. The van der Waals surface area contributed by atoms with Crippen molar-refractivity contribution in [1.29, 1.82) is 0 Å². The van der Waals surface area contributed by atoms with Crippen LogP contribution in [0.3, 0.4) is 0 Å². The Balaban J connectivity index is 1.99. The summed E-state index contributed by atoms with van der Waals surface area (Å²) in [6.45, 7) is -0.230. The Hall–Kier alpha value is -2.24. The van der Waals surface area contributed by atoms with E-state index in [-0.39, 0.29) is 23.4 Å². The smallest absolute Gasteiger partial charge is 0.262 e. The molecular weight excluding hydrogens is 351 g/mol. The standard InChI is InChI=1S/C17H16Cl2N2O3/c1-21(2)17(23)11-5-3-6-12(9-11)20-15(22)10-24-14-8-4-7-13(18)16(14)19/h3-9H,10H2,1-2H3,(H,20,22). The highest BCUT2D eigenvalue weighted by Gasteiger charge is 2.11. The molecule has 0 spiro atoms. The normalized spacial score (nSPS) is 10.2. The molecule has 2 rings (SSSR count). The molecule has 2 aromatic rings. The van der Waals surface area contributed by atoms with Gasteiger partial charge in [-0.3, -0.25) is 9.59 Å². The Labute approximate surface area is 150 Å². The fraction of sp³-hybridized carbons (Fsp3) is 0.176. The van der Waals surface area contributed by atoms with Crippen molar-refractivity contribution in [2.24, 2.45) is 0 Å². The second-order valence-corrected chi connectivity index (χ2v) is 5.95. The highest BCUT2D eigenvalue weighted by molar-refractivity contribution is 6.42. The molecule has 0 saturated carbocycles. The van der Waals surface area contributed by atoms with Gasteiger partial charge in [0, 0.05) is 25.3 Å². The molecule has 7 heteroatoms. The molecule has 0 heterocycles. The summed E-state index contributed by atoms with van der Waals surface area (Å²) in [5, 5.41) is 3.28. The summed E-state index contributed by atoms with van der Waals surface area (Å²) < 4.78 is 5.36. The van der Waals surface area contributed by atoms with Gasteiger partial charge in [0.25, 0.3) is 11.8 Å². The van der Waals surface area contributed by atoms with E-state index in [0.29, 0.717) is 22.0 Å². The lowest BCUT2D eigenvalue weighted by Gasteiger charge is -2.12. The Morgan fingerprint density at radius 3 is 2.54 bits per heavy atom. The van der Waals surface area contributed by atoms with E-state index in [2.05, 4.69) is 5.32 Å². The fourth-order valence-corrected chi connectivity index (χ4v) is 2.27. The SMILES string of the molecule is CN(C)C(=O)c1cccc(NC(=O)COc2cccc(Cl)c2Cl)c1. The van der Waals surface area contributed by atoms with Crippen molar-refractivity contribution < 1.29 is 14.3 Å². The van der Waals surface area contributed by atoms with Gasteiger partial charge in [0.05, 0.1) is 5.02 Å². The first kappa shape index (κ1) is 18.1. The quantitative estimate of drug-likeness (QED) is 0.877. The Morgan fingerprint density at radius 2 is 1.83 bits per heavy atom. The molecule has 0 bridgehead atoms. The predicted octanol–water partition coefficient (Wildman–Crippen LogP) is 3.71. The van der Waals surface area contributed by atoms with Crippen LogP contribution in [0.25, 0.3) is 0 Å². The van der Waals surface area contributed by atoms with E-state index >= 15 is 0 Å². The van der Waals surface area contributed by atoms with Crippen molar-refractivity contribution in [3.63, 3.8) is 0 Å². The number of nitrogens with zero attached hydrogens (tertiary/aromatic N) is 1. The average molecular weight is 367 g/mol.